The standard InChI is InChI=1S/C14H29NO/c1-5-16-10-13(4)15-11-14(7-6-8-14)9-12(2)3/h12-13,15H,5-11H2,1-4H3. The number of hydrogen-bond acceptors (Lipinski definition) is 2. The van der Waals surface area contributed by atoms with Crippen LogP contribution in [0, 0.1) is 11.3 Å². The Morgan fingerprint density at radius 2 is 1.94 bits per heavy atom. The second-order valence-electron chi connectivity index (χ2n) is 5.89. The molecule has 0 amide bonds. The second-order valence-corrected chi connectivity index (χ2v) is 5.89. The van der Waals surface area contributed by atoms with Gasteiger partial charge in [-0.3, -0.25) is 0 Å². The Morgan fingerprint density at radius 3 is 2.38 bits per heavy atom. The van der Waals surface area contributed by atoms with Crippen molar-refractivity contribution in [3.8, 4) is 0 Å². The molecule has 16 heavy (non-hydrogen) atoms. The zero-order valence-corrected chi connectivity index (χ0v) is 11.5. The molecule has 1 N–H and O–H groups in total. The van der Waals surface area contributed by atoms with Crippen LogP contribution in [0.15, 0.2) is 0 Å². The van der Waals surface area contributed by atoms with Gasteiger partial charge in [0, 0.05) is 19.2 Å². The molecule has 1 rings (SSSR count). The molecule has 1 aliphatic rings. The van der Waals surface area contributed by atoms with Crippen molar-refractivity contribution in [2.75, 3.05) is 19.8 Å². The zero-order valence-electron chi connectivity index (χ0n) is 11.5. The van der Waals surface area contributed by atoms with Crippen molar-refractivity contribution in [1.82, 2.24) is 5.32 Å². The first-order valence-corrected chi connectivity index (χ1v) is 6.89. The van der Waals surface area contributed by atoms with Crippen molar-refractivity contribution >= 4 is 0 Å². The Morgan fingerprint density at radius 1 is 1.25 bits per heavy atom. The van der Waals surface area contributed by atoms with Crippen LogP contribution in [-0.2, 0) is 4.74 Å². The highest BCUT2D eigenvalue weighted by molar-refractivity contribution is 4.90. The van der Waals surface area contributed by atoms with Crippen LogP contribution in [0.2, 0.25) is 0 Å². The van der Waals surface area contributed by atoms with Crippen LogP contribution in [0.5, 0.6) is 0 Å². The number of ether oxygens (including phenoxy) is 1. The lowest BCUT2D eigenvalue weighted by molar-refractivity contribution is 0.0795. The van der Waals surface area contributed by atoms with E-state index in [1.807, 2.05) is 0 Å². The van der Waals surface area contributed by atoms with Crippen molar-refractivity contribution < 1.29 is 4.74 Å². The normalized spacial score (nSPS) is 20.8. The minimum Gasteiger partial charge on any atom is -0.380 e. The quantitative estimate of drug-likeness (QED) is 0.687. The van der Waals surface area contributed by atoms with Gasteiger partial charge in [0.05, 0.1) is 6.61 Å². The van der Waals surface area contributed by atoms with Gasteiger partial charge < -0.3 is 10.1 Å². The maximum atomic E-state index is 5.43. The summed E-state index contributed by atoms with van der Waals surface area (Å²) in [7, 11) is 0. The van der Waals surface area contributed by atoms with Crippen molar-refractivity contribution in [3.63, 3.8) is 0 Å². The molecule has 1 unspecified atom stereocenters. The summed E-state index contributed by atoms with van der Waals surface area (Å²) in [6.45, 7) is 11.8. The van der Waals surface area contributed by atoms with Crippen molar-refractivity contribution in [3.05, 3.63) is 0 Å². The molecule has 0 spiro atoms. The van der Waals surface area contributed by atoms with E-state index in [0.717, 1.165) is 19.1 Å². The summed E-state index contributed by atoms with van der Waals surface area (Å²) in [4.78, 5) is 0. The van der Waals surface area contributed by atoms with E-state index in [1.165, 1.54) is 32.2 Å². The summed E-state index contributed by atoms with van der Waals surface area (Å²) < 4.78 is 5.43. The fourth-order valence-electron chi connectivity index (χ4n) is 2.74. The smallest absolute Gasteiger partial charge is 0.0616 e. The molecule has 0 aromatic carbocycles. The highest BCUT2D eigenvalue weighted by Gasteiger charge is 2.37. The summed E-state index contributed by atoms with van der Waals surface area (Å²) in [6.07, 6.45) is 5.63. The number of rotatable bonds is 8. The SMILES string of the molecule is CCOCC(C)NCC1(CC(C)C)CCC1. The molecule has 1 atom stereocenters. The van der Waals surface area contributed by atoms with E-state index in [9.17, 15) is 0 Å². The van der Waals surface area contributed by atoms with Crippen LogP contribution >= 0.6 is 0 Å². The van der Waals surface area contributed by atoms with Crippen molar-refractivity contribution in [1.29, 1.82) is 0 Å². The molecule has 1 aliphatic carbocycles. The summed E-state index contributed by atoms with van der Waals surface area (Å²) in [5, 5.41) is 3.64. The lowest BCUT2D eigenvalue weighted by Crippen LogP contribution is -2.44. The van der Waals surface area contributed by atoms with E-state index in [2.05, 4.69) is 33.0 Å². The molecule has 0 radical (unpaired) electrons. The minimum atomic E-state index is 0.490. The predicted molar refractivity (Wildman–Crippen MR) is 69.7 cm³/mol. The van der Waals surface area contributed by atoms with Gasteiger partial charge in [-0.1, -0.05) is 20.3 Å². The highest BCUT2D eigenvalue weighted by Crippen LogP contribution is 2.45. The van der Waals surface area contributed by atoms with Gasteiger partial charge in [0.25, 0.3) is 0 Å². The molecular formula is C14H29NO. The molecular weight excluding hydrogens is 198 g/mol. The first kappa shape index (κ1) is 14.0. The number of nitrogens with one attached hydrogen (secondary N) is 1. The number of hydrogen-bond donors (Lipinski definition) is 1. The zero-order chi connectivity index (χ0) is 12.0. The molecule has 0 heterocycles. The summed E-state index contributed by atoms with van der Waals surface area (Å²) in [6, 6.07) is 0.490. The molecule has 2 nitrogen and oxygen atoms in total. The van der Waals surface area contributed by atoms with Gasteiger partial charge in [-0.05, 0) is 44.4 Å². The third kappa shape index (κ3) is 4.42. The van der Waals surface area contributed by atoms with Crippen LogP contribution in [0.3, 0.4) is 0 Å². The summed E-state index contributed by atoms with van der Waals surface area (Å²) >= 11 is 0. The lowest BCUT2D eigenvalue weighted by atomic mass is 9.64. The molecule has 0 saturated heterocycles. The fourth-order valence-corrected chi connectivity index (χ4v) is 2.74. The van der Waals surface area contributed by atoms with Gasteiger partial charge in [0.2, 0.25) is 0 Å². The molecule has 0 aromatic heterocycles. The monoisotopic (exact) mass is 227 g/mol. The Bertz CT molecular complexity index is 187. The summed E-state index contributed by atoms with van der Waals surface area (Å²) in [5.41, 5.74) is 0.606. The molecule has 0 aliphatic heterocycles. The van der Waals surface area contributed by atoms with Crippen LogP contribution in [0.4, 0.5) is 0 Å². The van der Waals surface area contributed by atoms with Crippen LogP contribution < -0.4 is 5.32 Å². The van der Waals surface area contributed by atoms with Gasteiger partial charge in [0.1, 0.15) is 0 Å². The van der Waals surface area contributed by atoms with Crippen LogP contribution in [0.1, 0.15) is 53.4 Å². The molecule has 1 saturated carbocycles. The lowest BCUT2D eigenvalue weighted by Gasteiger charge is -2.44. The van der Waals surface area contributed by atoms with E-state index in [0.29, 0.717) is 11.5 Å². The van der Waals surface area contributed by atoms with E-state index >= 15 is 0 Å². The largest absolute Gasteiger partial charge is 0.380 e. The Kier molecular flexibility index (Phi) is 5.77. The van der Waals surface area contributed by atoms with Crippen molar-refractivity contribution in [2.24, 2.45) is 11.3 Å². The van der Waals surface area contributed by atoms with Gasteiger partial charge in [-0.2, -0.15) is 0 Å². The fraction of sp³-hybridized carbons (Fsp3) is 1.00. The topological polar surface area (TPSA) is 21.3 Å². The van der Waals surface area contributed by atoms with E-state index in [4.69, 9.17) is 4.74 Å². The Balaban J connectivity index is 2.23. The molecule has 1 fully saturated rings. The van der Waals surface area contributed by atoms with E-state index in [1.54, 1.807) is 0 Å². The Hall–Kier alpha value is -0.0800. The average molecular weight is 227 g/mol. The molecule has 96 valence electrons. The van der Waals surface area contributed by atoms with Crippen LogP contribution in [-0.4, -0.2) is 25.8 Å². The predicted octanol–water partition coefficient (Wildman–Crippen LogP) is 3.22. The van der Waals surface area contributed by atoms with Gasteiger partial charge in [-0.15, -0.1) is 0 Å². The maximum absolute atomic E-state index is 5.43. The molecule has 0 bridgehead atoms. The van der Waals surface area contributed by atoms with Gasteiger partial charge >= 0.3 is 0 Å². The third-order valence-electron chi connectivity index (χ3n) is 3.65. The third-order valence-corrected chi connectivity index (χ3v) is 3.65. The highest BCUT2D eigenvalue weighted by atomic mass is 16.5. The molecule has 2 heteroatoms. The first-order valence-electron chi connectivity index (χ1n) is 6.89. The first-order chi connectivity index (χ1) is 7.58. The molecule has 0 aromatic rings. The summed E-state index contributed by atoms with van der Waals surface area (Å²) in [5.74, 6) is 0.823. The maximum Gasteiger partial charge on any atom is 0.0616 e. The van der Waals surface area contributed by atoms with E-state index in [-0.39, 0.29) is 0 Å². The van der Waals surface area contributed by atoms with Gasteiger partial charge in [0.15, 0.2) is 0 Å². The van der Waals surface area contributed by atoms with Crippen LogP contribution in [0.25, 0.3) is 0 Å². The average Bonchev–Trinajstić information content (AvgIpc) is 2.18. The second kappa shape index (κ2) is 6.61. The minimum absolute atomic E-state index is 0.490. The van der Waals surface area contributed by atoms with Gasteiger partial charge in [-0.25, -0.2) is 0 Å². The van der Waals surface area contributed by atoms with E-state index < -0.39 is 0 Å². The van der Waals surface area contributed by atoms with Crippen molar-refractivity contribution in [2.45, 2.75) is 59.4 Å². The Labute approximate surface area is 101 Å².